The molecular weight excluding hydrogens is 448 g/mol. The van der Waals surface area contributed by atoms with Crippen LogP contribution in [0.3, 0.4) is 0 Å². The summed E-state index contributed by atoms with van der Waals surface area (Å²) < 4.78 is 10.1. The van der Waals surface area contributed by atoms with E-state index in [1.54, 1.807) is 0 Å². The SMILES string of the molecule is Cc1snc(-c2ccc(-c3ccc(CC(=O)O)cc3)cc2)c1NC(=O)OC(C)c1ccccc1. The molecule has 4 aromatic rings. The molecule has 0 saturated carbocycles. The van der Waals surface area contributed by atoms with Crippen LogP contribution in [0.4, 0.5) is 10.5 Å². The number of rotatable bonds is 7. The lowest BCUT2D eigenvalue weighted by atomic mass is 10.0. The third-order valence-electron chi connectivity index (χ3n) is 5.44. The summed E-state index contributed by atoms with van der Waals surface area (Å²) in [5.41, 5.74) is 5.88. The van der Waals surface area contributed by atoms with E-state index in [1.165, 1.54) is 11.5 Å². The van der Waals surface area contributed by atoms with Crippen LogP contribution in [0.5, 0.6) is 0 Å². The van der Waals surface area contributed by atoms with Gasteiger partial charge in [0.15, 0.2) is 0 Å². The highest BCUT2D eigenvalue weighted by Gasteiger charge is 2.18. The zero-order chi connectivity index (χ0) is 24.1. The molecule has 1 heterocycles. The van der Waals surface area contributed by atoms with Crippen LogP contribution < -0.4 is 5.32 Å². The fourth-order valence-electron chi connectivity index (χ4n) is 3.61. The summed E-state index contributed by atoms with van der Waals surface area (Å²) in [5.74, 6) is -0.849. The summed E-state index contributed by atoms with van der Waals surface area (Å²) in [7, 11) is 0. The molecule has 172 valence electrons. The number of carbonyl (C=O) groups excluding carboxylic acids is 1. The highest BCUT2D eigenvalue weighted by Crippen LogP contribution is 2.34. The number of amides is 1. The minimum Gasteiger partial charge on any atom is -0.481 e. The van der Waals surface area contributed by atoms with Gasteiger partial charge in [0, 0.05) is 10.4 Å². The minimum absolute atomic E-state index is 0.00469. The number of carboxylic acids is 1. The number of hydrogen-bond donors (Lipinski definition) is 2. The highest BCUT2D eigenvalue weighted by atomic mass is 32.1. The average molecular weight is 473 g/mol. The maximum Gasteiger partial charge on any atom is 0.412 e. The number of hydrogen-bond acceptors (Lipinski definition) is 5. The Labute approximate surface area is 202 Å². The largest absolute Gasteiger partial charge is 0.481 e. The lowest BCUT2D eigenvalue weighted by molar-refractivity contribution is -0.136. The van der Waals surface area contributed by atoms with Crippen LogP contribution in [0.25, 0.3) is 22.4 Å². The van der Waals surface area contributed by atoms with Crippen molar-refractivity contribution in [3.8, 4) is 22.4 Å². The summed E-state index contributed by atoms with van der Waals surface area (Å²) >= 11 is 1.32. The predicted octanol–water partition coefficient (Wildman–Crippen LogP) is 6.72. The van der Waals surface area contributed by atoms with Crippen LogP contribution in [0.2, 0.25) is 0 Å². The van der Waals surface area contributed by atoms with E-state index in [9.17, 15) is 9.59 Å². The second kappa shape index (κ2) is 10.3. The van der Waals surface area contributed by atoms with Crippen molar-refractivity contribution in [2.45, 2.75) is 26.4 Å². The number of nitrogens with zero attached hydrogens (tertiary/aromatic N) is 1. The number of anilines is 1. The van der Waals surface area contributed by atoms with Gasteiger partial charge < -0.3 is 9.84 Å². The molecule has 1 amide bonds. The fraction of sp³-hybridized carbons (Fsp3) is 0.148. The van der Waals surface area contributed by atoms with E-state index >= 15 is 0 Å². The number of ether oxygens (including phenoxy) is 1. The molecule has 1 unspecified atom stereocenters. The molecule has 0 saturated heterocycles. The van der Waals surface area contributed by atoms with Crippen LogP contribution in [0.15, 0.2) is 78.9 Å². The first-order valence-corrected chi connectivity index (χ1v) is 11.6. The molecule has 1 atom stereocenters. The quantitative estimate of drug-likeness (QED) is 0.312. The summed E-state index contributed by atoms with van der Waals surface area (Å²) in [6.07, 6.45) is -0.901. The second-order valence-electron chi connectivity index (χ2n) is 7.89. The van der Waals surface area contributed by atoms with Gasteiger partial charge in [0.2, 0.25) is 0 Å². The molecule has 3 aromatic carbocycles. The maximum atomic E-state index is 12.6. The topological polar surface area (TPSA) is 88.5 Å². The zero-order valence-electron chi connectivity index (χ0n) is 18.8. The Bertz CT molecular complexity index is 1280. The van der Waals surface area contributed by atoms with Gasteiger partial charge >= 0.3 is 12.1 Å². The number of nitrogens with one attached hydrogen (secondary N) is 1. The van der Waals surface area contributed by atoms with Crippen molar-refractivity contribution in [1.82, 2.24) is 4.37 Å². The van der Waals surface area contributed by atoms with E-state index in [-0.39, 0.29) is 12.5 Å². The third-order valence-corrected chi connectivity index (χ3v) is 6.20. The molecule has 0 aliphatic carbocycles. The van der Waals surface area contributed by atoms with Gasteiger partial charge in [-0.1, -0.05) is 78.9 Å². The molecule has 0 aliphatic heterocycles. The summed E-state index contributed by atoms with van der Waals surface area (Å²) in [4.78, 5) is 24.3. The Morgan fingerprint density at radius 3 is 2.15 bits per heavy atom. The van der Waals surface area contributed by atoms with Crippen LogP contribution in [-0.2, 0) is 16.0 Å². The minimum atomic E-state index is -0.849. The monoisotopic (exact) mass is 472 g/mol. The first-order valence-electron chi connectivity index (χ1n) is 10.8. The molecule has 4 rings (SSSR count). The molecule has 34 heavy (non-hydrogen) atoms. The Morgan fingerprint density at radius 1 is 0.941 bits per heavy atom. The standard InChI is InChI=1S/C27H24N2O4S/c1-17(20-6-4-3-5-7-20)33-27(32)28-25-18(2)34-29-26(25)23-14-12-22(13-15-23)21-10-8-19(9-11-21)16-24(30)31/h3-15,17H,16H2,1-2H3,(H,28,32)(H,30,31). The van der Waals surface area contributed by atoms with E-state index in [1.807, 2.05) is 92.7 Å². The van der Waals surface area contributed by atoms with Gasteiger partial charge in [-0.15, -0.1) is 0 Å². The Morgan fingerprint density at radius 2 is 1.53 bits per heavy atom. The Kier molecular flexibility index (Phi) is 7.04. The number of aliphatic carboxylic acids is 1. The summed E-state index contributed by atoms with van der Waals surface area (Å²) in [6, 6.07) is 24.9. The van der Waals surface area contributed by atoms with Crippen molar-refractivity contribution in [2.24, 2.45) is 0 Å². The third kappa shape index (κ3) is 5.50. The lowest BCUT2D eigenvalue weighted by Crippen LogP contribution is -2.16. The molecule has 0 bridgehead atoms. The molecule has 0 spiro atoms. The smallest absolute Gasteiger partial charge is 0.412 e. The lowest BCUT2D eigenvalue weighted by Gasteiger charge is -2.14. The van der Waals surface area contributed by atoms with Crippen LogP contribution >= 0.6 is 11.5 Å². The van der Waals surface area contributed by atoms with E-state index in [2.05, 4.69) is 9.69 Å². The molecule has 0 radical (unpaired) electrons. The van der Waals surface area contributed by atoms with Gasteiger partial charge in [0.1, 0.15) is 11.8 Å². The van der Waals surface area contributed by atoms with Crippen molar-refractivity contribution >= 4 is 29.3 Å². The number of carbonyl (C=O) groups is 2. The number of aromatic nitrogens is 1. The van der Waals surface area contributed by atoms with Crippen molar-refractivity contribution in [3.05, 3.63) is 94.9 Å². The summed E-state index contributed by atoms with van der Waals surface area (Å²) in [5, 5.41) is 11.8. The highest BCUT2D eigenvalue weighted by molar-refractivity contribution is 7.06. The van der Waals surface area contributed by atoms with E-state index in [0.29, 0.717) is 11.4 Å². The van der Waals surface area contributed by atoms with Gasteiger partial charge in [-0.05, 0) is 47.6 Å². The van der Waals surface area contributed by atoms with Crippen molar-refractivity contribution in [1.29, 1.82) is 0 Å². The zero-order valence-corrected chi connectivity index (χ0v) is 19.6. The molecule has 0 fully saturated rings. The first kappa shape index (κ1) is 23.2. The van der Waals surface area contributed by atoms with E-state index < -0.39 is 12.1 Å². The normalized spacial score (nSPS) is 11.6. The van der Waals surface area contributed by atoms with Gasteiger partial charge in [-0.3, -0.25) is 10.1 Å². The average Bonchev–Trinajstić information content (AvgIpc) is 3.19. The predicted molar refractivity (Wildman–Crippen MR) is 134 cm³/mol. The Balaban J connectivity index is 1.48. The molecule has 6 nitrogen and oxygen atoms in total. The van der Waals surface area contributed by atoms with Crippen LogP contribution in [0, 0.1) is 6.92 Å². The summed E-state index contributed by atoms with van der Waals surface area (Å²) in [6.45, 7) is 3.74. The van der Waals surface area contributed by atoms with Crippen LogP contribution in [-0.4, -0.2) is 21.5 Å². The van der Waals surface area contributed by atoms with Crippen molar-refractivity contribution < 1.29 is 19.4 Å². The van der Waals surface area contributed by atoms with Gasteiger partial charge in [-0.25, -0.2) is 4.79 Å². The number of benzene rings is 3. The van der Waals surface area contributed by atoms with Gasteiger partial charge in [-0.2, -0.15) is 4.37 Å². The molecule has 7 heteroatoms. The Hall–Kier alpha value is -3.97. The number of carboxylic acid groups (broad SMARTS) is 1. The molecule has 1 aromatic heterocycles. The molecular formula is C27H24N2O4S. The second-order valence-corrected chi connectivity index (χ2v) is 8.87. The van der Waals surface area contributed by atoms with E-state index in [0.717, 1.165) is 32.7 Å². The molecule has 2 N–H and O–H groups in total. The van der Waals surface area contributed by atoms with Crippen LogP contribution in [0.1, 0.15) is 29.0 Å². The van der Waals surface area contributed by atoms with Crippen molar-refractivity contribution in [3.63, 3.8) is 0 Å². The van der Waals surface area contributed by atoms with Gasteiger partial charge in [0.25, 0.3) is 0 Å². The van der Waals surface area contributed by atoms with Crippen molar-refractivity contribution in [2.75, 3.05) is 5.32 Å². The first-order chi connectivity index (χ1) is 16.4. The molecule has 0 aliphatic rings. The number of aryl methyl sites for hydroxylation is 1. The van der Waals surface area contributed by atoms with E-state index in [4.69, 9.17) is 9.84 Å². The van der Waals surface area contributed by atoms with Gasteiger partial charge in [0.05, 0.1) is 12.1 Å². The fourth-order valence-corrected chi connectivity index (χ4v) is 4.27. The maximum absolute atomic E-state index is 12.6.